The van der Waals surface area contributed by atoms with Crippen LogP contribution < -0.4 is 5.32 Å². The quantitative estimate of drug-likeness (QED) is 0.679. The molecule has 1 N–H and O–H groups in total. The number of morpholine rings is 1. The zero-order chi connectivity index (χ0) is 21.2. The van der Waals surface area contributed by atoms with Gasteiger partial charge in [-0.2, -0.15) is 9.40 Å². The molecular formula is C19H25BrN4O4S. The van der Waals surface area contributed by atoms with Crippen LogP contribution in [0.2, 0.25) is 0 Å². The molecule has 0 aliphatic carbocycles. The van der Waals surface area contributed by atoms with Gasteiger partial charge >= 0.3 is 0 Å². The predicted molar refractivity (Wildman–Crippen MR) is 113 cm³/mol. The maximum atomic E-state index is 12.7. The van der Waals surface area contributed by atoms with E-state index < -0.39 is 10.0 Å². The average Bonchev–Trinajstić information content (AvgIpc) is 2.95. The Morgan fingerprint density at radius 3 is 2.41 bits per heavy atom. The summed E-state index contributed by atoms with van der Waals surface area (Å²) in [6.45, 7) is 7.63. The smallest absolute Gasteiger partial charge is 0.243 e. The Hall–Kier alpha value is -1.75. The van der Waals surface area contributed by atoms with Crippen LogP contribution in [0.4, 0.5) is 5.69 Å². The summed E-state index contributed by atoms with van der Waals surface area (Å²) in [4.78, 5) is 12.8. The number of nitrogens with zero attached hydrogens (tertiary/aromatic N) is 3. The van der Waals surface area contributed by atoms with Crippen LogP contribution in [0.15, 0.2) is 33.6 Å². The first-order chi connectivity index (χ1) is 13.7. The van der Waals surface area contributed by atoms with E-state index in [1.807, 2.05) is 25.5 Å². The molecule has 0 radical (unpaired) electrons. The lowest BCUT2D eigenvalue weighted by Crippen LogP contribution is -2.40. The van der Waals surface area contributed by atoms with Crippen LogP contribution in [-0.4, -0.2) is 54.7 Å². The van der Waals surface area contributed by atoms with E-state index in [-0.39, 0.29) is 16.7 Å². The van der Waals surface area contributed by atoms with Crippen LogP contribution in [0.25, 0.3) is 0 Å². The largest absolute Gasteiger partial charge is 0.379 e. The molecule has 1 amide bonds. The van der Waals surface area contributed by atoms with Crippen LogP contribution in [-0.2, 0) is 26.1 Å². The third kappa shape index (κ3) is 4.88. The van der Waals surface area contributed by atoms with Crippen molar-refractivity contribution in [2.75, 3.05) is 31.6 Å². The van der Waals surface area contributed by atoms with Crippen molar-refractivity contribution in [3.63, 3.8) is 0 Å². The summed E-state index contributed by atoms with van der Waals surface area (Å²) in [7, 11) is -3.55. The molecule has 3 rings (SSSR count). The van der Waals surface area contributed by atoms with E-state index in [2.05, 4.69) is 26.3 Å². The van der Waals surface area contributed by atoms with Gasteiger partial charge < -0.3 is 10.1 Å². The van der Waals surface area contributed by atoms with E-state index in [0.717, 1.165) is 15.9 Å². The maximum absolute atomic E-state index is 12.7. The van der Waals surface area contributed by atoms with Gasteiger partial charge in [0.15, 0.2) is 0 Å². The van der Waals surface area contributed by atoms with Crippen molar-refractivity contribution in [3.05, 3.63) is 40.1 Å². The molecule has 1 atom stereocenters. The highest BCUT2D eigenvalue weighted by Crippen LogP contribution is 2.22. The lowest BCUT2D eigenvalue weighted by molar-refractivity contribution is -0.119. The van der Waals surface area contributed by atoms with Gasteiger partial charge in [-0.3, -0.25) is 9.48 Å². The highest BCUT2D eigenvalue weighted by atomic mass is 79.9. The molecule has 0 bridgehead atoms. The highest BCUT2D eigenvalue weighted by molar-refractivity contribution is 9.10. The van der Waals surface area contributed by atoms with Gasteiger partial charge in [-0.05, 0) is 54.0 Å². The average molecular weight is 485 g/mol. The first-order valence-electron chi connectivity index (χ1n) is 9.38. The van der Waals surface area contributed by atoms with Gasteiger partial charge in [-0.1, -0.05) is 6.92 Å². The van der Waals surface area contributed by atoms with Crippen molar-refractivity contribution in [1.29, 1.82) is 0 Å². The summed E-state index contributed by atoms with van der Waals surface area (Å²) in [5, 5.41) is 7.27. The molecule has 10 heteroatoms. The summed E-state index contributed by atoms with van der Waals surface area (Å²) in [5.74, 6) is -0.464. The van der Waals surface area contributed by atoms with Crippen molar-refractivity contribution in [2.45, 2.75) is 32.2 Å². The minimum absolute atomic E-state index is 0.155. The molecule has 1 saturated heterocycles. The number of hydrogen-bond donors (Lipinski definition) is 1. The normalized spacial score (nSPS) is 16.6. The molecule has 1 unspecified atom stereocenters. The molecule has 1 aliphatic heterocycles. The molecule has 1 aliphatic rings. The topological polar surface area (TPSA) is 93.5 Å². The number of nitrogens with one attached hydrogen (secondary N) is 1. The number of ether oxygens (including phenoxy) is 1. The second-order valence-electron chi connectivity index (χ2n) is 7.10. The Kier molecular flexibility index (Phi) is 6.77. The Morgan fingerprint density at radius 1 is 1.24 bits per heavy atom. The standard InChI is InChI=1S/C19H25BrN4O4S/c1-13(12-24-15(3)18(20)14(2)22-24)19(25)21-16-4-6-17(7-5-16)29(26,27)23-8-10-28-11-9-23/h4-7,13H,8-12H2,1-3H3,(H,21,25). The van der Waals surface area contributed by atoms with Gasteiger partial charge in [-0.15, -0.1) is 0 Å². The molecule has 1 aromatic carbocycles. The number of benzene rings is 1. The van der Waals surface area contributed by atoms with Gasteiger partial charge in [0.1, 0.15) is 0 Å². The van der Waals surface area contributed by atoms with Gasteiger partial charge in [0, 0.05) is 24.5 Å². The van der Waals surface area contributed by atoms with Crippen LogP contribution in [0, 0.1) is 19.8 Å². The molecule has 158 valence electrons. The lowest BCUT2D eigenvalue weighted by atomic mass is 10.1. The lowest BCUT2D eigenvalue weighted by Gasteiger charge is -2.26. The van der Waals surface area contributed by atoms with Crippen LogP contribution in [0.5, 0.6) is 0 Å². The third-order valence-corrected chi connectivity index (χ3v) is 7.98. The van der Waals surface area contributed by atoms with E-state index in [1.165, 1.54) is 16.4 Å². The number of anilines is 1. The predicted octanol–water partition coefficient (Wildman–Crippen LogP) is 2.56. The zero-order valence-corrected chi connectivity index (χ0v) is 19.1. The Labute approximate surface area is 179 Å². The van der Waals surface area contributed by atoms with Crippen molar-refractivity contribution in [3.8, 4) is 0 Å². The first kappa shape index (κ1) is 21.9. The molecule has 0 spiro atoms. The summed E-state index contributed by atoms with van der Waals surface area (Å²) >= 11 is 3.49. The van der Waals surface area contributed by atoms with Gasteiger partial charge in [0.2, 0.25) is 15.9 Å². The fourth-order valence-electron chi connectivity index (χ4n) is 3.11. The van der Waals surface area contributed by atoms with Crippen LogP contribution in [0.3, 0.4) is 0 Å². The number of sulfonamides is 1. The van der Waals surface area contributed by atoms with Gasteiger partial charge in [-0.25, -0.2) is 8.42 Å². The SMILES string of the molecule is Cc1nn(CC(C)C(=O)Nc2ccc(S(=O)(=O)N3CCOCC3)cc2)c(C)c1Br. The Bertz CT molecular complexity index is 982. The fourth-order valence-corrected chi connectivity index (χ4v) is 4.80. The van der Waals surface area contributed by atoms with Crippen molar-refractivity contribution in [1.82, 2.24) is 14.1 Å². The summed E-state index contributed by atoms with van der Waals surface area (Å²) in [5.41, 5.74) is 2.41. The minimum Gasteiger partial charge on any atom is -0.379 e. The number of rotatable bonds is 6. The number of amides is 1. The summed E-state index contributed by atoms with van der Waals surface area (Å²) < 4.78 is 34.7. The fraction of sp³-hybridized carbons (Fsp3) is 0.474. The molecule has 2 heterocycles. The van der Waals surface area contributed by atoms with E-state index in [4.69, 9.17) is 4.74 Å². The number of carbonyl (C=O) groups excluding carboxylic acids is 1. The molecule has 8 nitrogen and oxygen atoms in total. The number of aromatic nitrogens is 2. The second kappa shape index (κ2) is 8.95. The first-order valence-corrected chi connectivity index (χ1v) is 11.6. The molecule has 2 aromatic rings. The number of halogens is 1. The van der Waals surface area contributed by atoms with E-state index in [9.17, 15) is 13.2 Å². The van der Waals surface area contributed by atoms with Gasteiger partial charge in [0.05, 0.1) is 40.7 Å². The summed E-state index contributed by atoms with van der Waals surface area (Å²) in [6.07, 6.45) is 0. The van der Waals surface area contributed by atoms with Crippen LogP contribution >= 0.6 is 15.9 Å². The minimum atomic E-state index is -3.55. The highest BCUT2D eigenvalue weighted by Gasteiger charge is 2.26. The third-order valence-electron chi connectivity index (χ3n) is 4.92. The molecule has 0 saturated carbocycles. The monoisotopic (exact) mass is 484 g/mol. The Morgan fingerprint density at radius 2 is 1.86 bits per heavy atom. The Balaban J connectivity index is 1.64. The summed E-state index contributed by atoms with van der Waals surface area (Å²) in [6, 6.07) is 6.25. The van der Waals surface area contributed by atoms with Crippen molar-refractivity contribution in [2.24, 2.45) is 5.92 Å². The van der Waals surface area contributed by atoms with Crippen molar-refractivity contribution < 1.29 is 17.9 Å². The number of hydrogen-bond acceptors (Lipinski definition) is 5. The molecule has 1 fully saturated rings. The number of aryl methyl sites for hydroxylation is 1. The van der Waals surface area contributed by atoms with Crippen molar-refractivity contribution >= 4 is 37.5 Å². The van der Waals surface area contributed by atoms with Crippen LogP contribution in [0.1, 0.15) is 18.3 Å². The van der Waals surface area contributed by atoms with Gasteiger partial charge in [0.25, 0.3) is 0 Å². The van der Waals surface area contributed by atoms with E-state index >= 15 is 0 Å². The molecule has 29 heavy (non-hydrogen) atoms. The number of carbonyl (C=O) groups is 1. The zero-order valence-electron chi connectivity index (χ0n) is 16.7. The van der Waals surface area contributed by atoms with E-state index in [1.54, 1.807) is 12.1 Å². The molecule has 1 aromatic heterocycles. The molecular weight excluding hydrogens is 460 g/mol. The second-order valence-corrected chi connectivity index (χ2v) is 9.83. The maximum Gasteiger partial charge on any atom is 0.243 e. The van der Waals surface area contributed by atoms with E-state index in [0.29, 0.717) is 38.5 Å².